The molecule has 1 aliphatic heterocycles. The smallest absolute Gasteiger partial charge is 0.407 e. The number of nitrogens with one attached hydrogen (secondary N) is 1. The van der Waals surface area contributed by atoms with Crippen molar-refractivity contribution in [1.82, 2.24) is 15.1 Å². The highest BCUT2D eigenvalue weighted by Gasteiger charge is 2.51. The van der Waals surface area contributed by atoms with Gasteiger partial charge in [0.1, 0.15) is 18.7 Å². The predicted molar refractivity (Wildman–Crippen MR) is 123 cm³/mol. The first kappa shape index (κ1) is 24.6. The molecule has 2 aromatic rings. The normalized spacial score (nSPS) is 19.2. The van der Waals surface area contributed by atoms with Crippen molar-refractivity contribution >= 4 is 18.0 Å². The summed E-state index contributed by atoms with van der Waals surface area (Å²) in [6.45, 7) is -1.02. The molecule has 2 aliphatic rings. The number of rotatable bonds is 7. The number of aliphatic carboxylic acids is 1. The zero-order chi connectivity index (χ0) is 25.3. The molecule has 1 heterocycles. The van der Waals surface area contributed by atoms with Crippen molar-refractivity contribution < 1.29 is 33.0 Å². The van der Waals surface area contributed by atoms with Gasteiger partial charge in [-0.2, -0.15) is 0 Å². The van der Waals surface area contributed by atoms with E-state index in [1.54, 1.807) is 19.0 Å². The van der Waals surface area contributed by atoms with E-state index in [4.69, 9.17) is 4.74 Å². The minimum atomic E-state index is -3.31. The van der Waals surface area contributed by atoms with Gasteiger partial charge in [-0.1, -0.05) is 48.5 Å². The van der Waals surface area contributed by atoms with E-state index in [0.29, 0.717) is 4.90 Å². The Balaban J connectivity index is 1.46. The van der Waals surface area contributed by atoms with Crippen LogP contribution in [-0.2, 0) is 14.3 Å². The highest BCUT2D eigenvalue weighted by molar-refractivity contribution is 5.90. The Morgan fingerprint density at radius 2 is 1.69 bits per heavy atom. The molecular weight excluding hydrogens is 460 g/mol. The largest absolute Gasteiger partial charge is 0.480 e. The zero-order valence-corrected chi connectivity index (χ0v) is 19.4. The number of halogens is 2. The summed E-state index contributed by atoms with van der Waals surface area (Å²) in [5, 5.41) is 11.8. The van der Waals surface area contributed by atoms with Crippen molar-refractivity contribution in [2.75, 3.05) is 33.8 Å². The highest BCUT2D eigenvalue weighted by Crippen LogP contribution is 2.44. The molecule has 1 saturated heterocycles. The monoisotopic (exact) mass is 487 g/mol. The van der Waals surface area contributed by atoms with Gasteiger partial charge < -0.3 is 25.0 Å². The van der Waals surface area contributed by atoms with Crippen LogP contribution in [0.3, 0.4) is 0 Å². The molecule has 8 nitrogen and oxygen atoms in total. The standard InChI is InChI=1S/C25H27F2N3O5/c1-29(2)12-20(22(31)30-14-25(26,27)11-21(30)23(32)33)28-24(34)35-13-19-17-9-5-3-7-15(17)16-8-4-6-10-18(16)19/h3-10,19-21H,11-14H2,1-2H3,(H,28,34)(H,32,33)/t20?,21-/m1/s1. The second-order valence-electron chi connectivity index (χ2n) is 9.16. The highest BCUT2D eigenvalue weighted by atomic mass is 19.3. The lowest BCUT2D eigenvalue weighted by molar-refractivity contribution is -0.149. The van der Waals surface area contributed by atoms with Crippen molar-refractivity contribution in [3.63, 3.8) is 0 Å². The maximum atomic E-state index is 13.9. The van der Waals surface area contributed by atoms with Crippen molar-refractivity contribution in [2.24, 2.45) is 0 Å². The van der Waals surface area contributed by atoms with E-state index in [-0.39, 0.29) is 19.1 Å². The molecule has 2 N–H and O–H groups in total. The van der Waals surface area contributed by atoms with Gasteiger partial charge in [0.25, 0.3) is 5.92 Å². The molecule has 186 valence electrons. The fraction of sp³-hybridized carbons (Fsp3) is 0.400. The molecule has 0 saturated carbocycles. The van der Waals surface area contributed by atoms with Gasteiger partial charge in [-0.3, -0.25) is 4.79 Å². The number of carbonyl (C=O) groups excluding carboxylic acids is 2. The number of ether oxygens (including phenoxy) is 1. The Kier molecular flexibility index (Phi) is 6.75. The van der Waals surface area contributed by atoms with Gasteiger partial charge in [-0.05, 0) is 36.3 Å². The number of hydrogen-bond acceptors (Lipinski definition) is 5. The Labute approximate surface area is 201 Å². The van der Waals surface area contributed by atoms with E-state index >= 15 is 0 Å². The summed E-state index contributed by atoms with van der Waals surface area (Å²) < 4.78 is 33.3. The molecule has 4 rings (SSSR count). The van der Waals surface area contributed by atoms with Crippen LogP contribution >= 0.6 is 0 Å². The Morgan fingerprint density at radius 3 is 2.23 bits per heavy atom. The topological polar surface area (TPSA) is 99.2 Å². The van der Waals surface area contributed by atoms with Crippen LogP contribution in [0.4, 0.5) is 13.6 Å². The van der Waals surface area contributed by atoms with Gasteiger partial charge in [0.05, 0.1) is 6.54 Å². The molecule has 0 spiro atoms. The lowest BCUT2D eigenvalue weighted by atomic mass is 9.98. The fourth-order valence-electron chi connectivity index (χ4n) is 4.80. The lowest BCUT2D eigenvalue weighted by Crippen LogP contribution is -2.55. The van der Waals surface area contributed by atoms with Crippen LogP contribution in [-0.4, -0.2) is 84.7 Å². The molecule has 1 fully saturated rings. The molecule has 0 radical (unpaired) electrons. The number of hydrogen-bond donors (Lipinski definition) is 2. The average Bonchev–Trinajstić information content (AvgIpc) is 3.31. The summed E-state index contributed by atoms with van der Waals surface area (Å²) >= 11 is 0. The van der Waals surface area contributed by atoms with E-state index in [2.05, 4.69) is 5.32 Å². The molecule has 0 bridgehead atoms. The first-order chi connectivity index (χ1) is 16.6. The quantitative estimate of drug-likeness (QED) is 0.623. The van der Waals surface area contributed by atoms with Crippen molar-refractivity contribution in [1.29, 1.82) is 0 Å². The van der Waals surface area contributed by atoms with Gasteiger partial charge in [0.2, 0.25) is 5.91 Å². The number of likely N-dealkylation sites (N-methyl/N-ethyl adjacent to an activating group) is 1. The van der Waals surface area contributed by atoms with E-state index in [0.717, 1.165) is 22.3 Å². The maximum absolute atomic E-state index is 13.9. The summed E-state index contributed by atoms with van der Waals surface area (Å²) in [4.78, 5) is 39.4. The predicted octanol–water partition coefficient (Wildman–Crippen LogP) is 2.78. The Bertz CT molecular complexity index is 1090. The number of carboxylic acid groups (broad SMARTS) is 1. The Morgan fingerprint density at radius 1 is 1.11 bits per heavy atom. The van der Waals surface area contributed by atoms with Crippen LogP contribution in [0.2, 0.25) is 0 Å². The summed E-state index contributed by atoms with van der Waals surface area (Å²) in [6.07, 6.45) is -1.85. The Hall–Kier alpha value is -3.53. The van der Waals surface area contributed by atoms with Crippen LogP contribution in [0.15, 0.2) is 48.5 Å². The fourth-order valence-corrected chi connectivity index (χ4v) is 4.80. The number of carbonyl (C=O) groups is 3. The summed E-state index contributed by atoms with van der Waals surface area (Å²) in [6, 6.07) is 12.7. The molecular formula is C25H27F2N3O5. The van der Waals surface area contributed by atoms with Crippen molar-refractivity contribution in [3.8, 4) is 11.1 Å². The van der Waals surface area contributed by atoms with Crippen LogP contribution in [0.25, 0.3) is 11.1 Å². The number of carboxylic acids is 1. The number of alkyl carbamates (subject to hydrolysis) is 1. The van der Waals surface area contributed by atoms with E-state index in [1.165, 1.54) is 0 Å². The molecule has 10 heteroatoms. The second-order valence-corrected chi connectivity index (χ2v) is 9.16. The molecule has 35 heavy (non-hydrogen) atoms. The van der Waals surface area contributed by atoms with Crippen LogP contribution in [0.1, 0.15) is 23.5 Å². The molecule has 1 unspecified atom stereocenters. The van der Waals surface area contributed by atoms with Gasteiger partial charge in [0, 0.05) is 18.9 Å². The van der Waals surface area contributed by atoms with Crippen LogP contribution < -0.4 is 5.32 Å². The van der Waals surface area contributed by atoms with E-state index in [9.17, 15) is 28.3 Å². The third kappa shape index (κ3) is 5.12. The number of fused-ring (bicyclic) bond motifs is 3. The first-order valence-electron chi connectivity index (χ1n) is 11.2. The summed E-state index contributed by atoms with van der Waals surface area (Å²) in [7, 11) is 3.29. The number of benzene rings is 2. The first-order valence-corrected chi connectivity index (χ1v) is 11.2. The minimum absolute atomic E-state index is 0.0161. The third-order valence-electron chi connectivity index (χ3n) is 6.32. The zero-order valence-electron chi connectivity index (χ0n) is 19.4. The SMILES string of the molecule is CN(C)CC(NC(=O)OCC1c2ccccc2-c2ccccc21)C(=O)N1CC(F)(F)C[C@@H]1C(=O)O. The maximum Gasteiger partial charge on any atom is 0.407 e. The van der Waals surface area contributed by atoms with Gasteiger partial charge >= 0.3 is 12.1 Å². The van der Waals surface area contributed by atoms with E-state index < -0.39 is 48.9 Å². The van der Waals surface area contributed by atoms with Gasteiger partial charge in [-0.25, -0.2) is 18.4 Å². The molecule has 2 aromatic carbocycles. The number of likely N-dealkylation sites (tertiary alicyclic amines) is 1. The minimum Gasteiger partial charge on any atom is -0.480 e. The molecule has 1 aliphatic carbocycles. The number of nitrogens with zero attached hydrogens (tertiary/aromatic N) is 2. The number of alkyl halides is 2. The summed E-state index contributed by atoms with van der Waals surface area (Å²) in [5.74, 6) is -5.91. The van der Waals surface area contributed by atoms with Crippen LogP contribution in [0.5, 0.6) is 0 Å². The van der Waals surface area contributed by atoms with E-state index in [1.807, 2.05) is 48.5 Å². The lowest BCUT2D eigenvalue weighted by Gasteiger charge is -2.28. The van der Waals surface area contributed by atoms with Crippen molar-refractivity contribution in [2.45, 2.75) is 30.3 Å². The molecule has 2 atom stereocenters. The average molecular weight is 488 g/mol. The van der Waals surface area contributed by atoms with Crippen LogP contribution in [0, 0.1) is 0 Å². The molecule has 0 aromatic heterocycles. The van der Waals surface area contributed by atoms with Gasteiger partial charge in [0.15, 0.2) is 0 Å². The molecule has 2 amide bonds. The third-order valence-corrected chi connectivity index (χ3v) is 6.32. The van der Waals surface area contributed by atoms with Crippen molar-refractivity contribution in [3.05, 3.63) is 59.7 Å². The van der Waals surface area contributed by atoms with Gasteiger partial charge in [-0.15, -0.1) is 0 Å². The second kappa shape index (κ2) is 9.61. The summed E-state index contributed by atoms with van der Waals surface area (Å²) in [5.41, 5.74) is 4.16. The number of amides is 2.